The number of nitro benzene ring substituents is 1. The van der Waals surface area contributed by atoms with Crippen molar-refractivity contribution < 1.29 is 14.5 Å². The number of amides is 1. The Kier molecular flexibility index (Phi) is 6.16. The minimum Gasteiger partial charge on any atom is -0.495 e. The number of carbonyl (C=O) groups is 1. The van der Waals surface area contributed by atoms with Gasteiger partial charge in [0.25, 0.3) is 11.6 Å². The van der Waals surface area contributed by atoms with Crippen molar-refractivity contribution in [2.75, 3.05) is 12.4 Å². The number of methoxy groups -OCH3 is 1. The molecule has 0 aliphatic carbocycles. The third-order valence-corrected chi connectivity index (χ3v) is 4.33. The number of anilines is 1. The van der Waals surface area contributed by atoms with Crippen LogP contribution in [0.4, 0.5) is 11.4 Å². The van der Waals surface area contributed by atoms with E-state index in [4.69, 9.17) is 17.0 Å². The number of benzene rings is 3. The van der Waals surface area contributed by atoms with Crippen LogP contribution < -0.4 is 15.4 Å². The zero-order valence-electron chi connectivity index (χ0n) is 15.4. The molecular formula is C21H17N3O4S. The molecule has 0 bridgehead atoms. The first-order valence-corrected chi connectivity index (χ1v) is 8.99. The Morgan fingerprint density at radius 1 is 1.00 bits per heavy atom. The van der Waals surface area contributed by atoms with Gasteiger partial charge in [-0.25, -0.2) is 0 Å². The summed E-state index contributed by atoms with van der Waals surface area (Å²) in [6.45, 7) is 0. The van der Waals surface area contributed by atoms with Crippen molar-refractivity contribution in [2.45, 2.75) is 0 Å². The molecule has 7 nitrogen and oxygen atoms in total. The Hall–Kier alpha value is -3.78. The topological polar surface area (TPSA) is 93.5 Å². The van der Waals surface area contributed by atoms with Crippen LogP contribution in [0.1, 0.15) is 10.4 Å². The van der Waals surface area contributed by atoms with Crippen molar-refractivity contribution in [1.82, 2.24) is 5.32 Å². The lowest BCUT2D eigenvalue weighted by Gasteiger charge is -2.13. The molecule has 3 rings (SSSR count). The Labute approximate surface area is 172 Å². The van der Waals surface area contributed by atoms with E-state index in [0.717, 1.165) is 11.1 Å². The molecule has 0 spiro atoms. The predicted octanol–water partition coefficient (Wildman–Crippen LogP) is 4.40. The number of thiocarbonyl (C=S) groups is 1. The summed E-state index contributed by atoms with van der Waals surface area (Å²) in [4.78, 5) is 22.9. The van der Waals surface area contributed by atoms with Gasteiger partial charge in [-0.15, -0.1) is 0 Å². The Bertz CT molecular complexity index is 1050. The lowest BCUT2D eigenvalue weighted by atomic mass is 10.0. The molecule has 0 aliphatic heterocycles. The van der Waals surface area contributed by atoms with Gasteiger partial charge in [-0.05, 0) is 41.5 Å². The summed E-state index contributed by atoms with van der Waals surface area (Å²) in [5.74, 6) is -0.0362. The van der Waals surface area contributed by atoms with Gasteiger partial charge < -0.3 is 10.1 Å². The number of hydrogen-bond acceptors (Lipinski definition) is 5. The van der Waals surface area contributed by atoms with Gasteiger partial charge >= 0.3 is 0 Å². The van der Waals surface area contributed by atoms with Crippen LogP contribution >= 0.6 is 12.2 Å². The van der Waals surface area contributed by atoms with Gasteiger partial charge in [0.15, 0.2) is 5.11 Å². The first kappa shape index (κ1) is 20.0. The van der Waals surface area contributed by atoms with Crippen molar-refractivity contribution in [3.63, 3.8) is 0 Å². The zero-order valence-corrected chi connectivity index (χ0v) is 16.2. The maximum atomic E-state index is 12.4. The van der Waals surface area contributed by atoms with Crippen LogP contribution in [-0.4, -0.2) is 23.1 Å². The fourth-order valence-electron chi connectivity index (χ4n) is 2.68. The molecule has 8 heteroatoms. The molecule has 1 amide bonds. The number of carbonyl (C=O) groups excluding carboxylic acids is 1. The number of nitro groups is 1. The second-order valence-electron chi connectivity index (χ2n) is 5.99. The maximum absolute atomic E-state index is 12.4. The number of rotatable bonds is 5. The van der Waals surface area contributed by atoms with Crippen LogP contribution in [0.15, 0.2) is 72.8 Å². The number of nitrogens with zero attached hydrogens (tertiary/aromatic N) is 1. The molecule has 0 atom stereocenters. The summed E-state index contributed by atoms with van der Waals surface area (Å²) in [6, 6.07) is 21.0. The minimum atomic E-state index is -0.527. The van der Waals surface area contributed by atoms with Crippen LogP contribution in [0.3, 0.4) is 0 Å². The highest BCUT2D eigenvalue weighted by atomic mass is 32.1. The SMILES string of the molecule is COc1ccc([N+](=O)[O-])cc1NC(=S)NC(=O)c1ccc(-c2ccccc2)cc1. The van der Waals surface area contributed by atoms with E-state index in [0.29, 0.717) is 11.3 Å². The van der Waals surface area contributed by atoms with E-state index >= 15 is 0 Å². The van der Waals surface area contributed by atoms with E-state index in [9.17, 15) is 14.9 Å². The number of non-ortho nitro benzene ring substituents is 1. The molecule has 0 saturated carbocycles. The van der Waals surface area contributed by atoms with Crippen LogP contribution in [0.5, 0.6) is 5.75 Å². The molecule has 146 valence electrons. The van der Waals surface area contributed by atoms with Crippen molar-refractivity contribution >= 4 is 34.6 Å². The Morgan fingerprint density at radius 3 is 2.28 bits per heavy atom. The third kappa shape index (κ3) is 4.94. The predicted molar refractivity (Wildman–Crippen MR) is 115 cm³/mol. The summed E-state index contributed by atoms with van der Waals surface area (Å²) in [5, 5.41) is 16.3. The van der Waals surface area contributed by atoms with E-state index in [1.54, 1.807) is 12.1 Å². The average molecular weight is 407 g/mol. The lowest BCUT2D eigenvalue weighted by Crippen LogP contribution is -2.34. The highest BCUT2D eigenvalue weighted by Crippen LogP contribution is 2.28. The zero-order chi connectivity index (χ0) is 20.8. The molecule has 3 aromatic carbocycles. The van der Waals surface area contributed by atoms with Gasteiger partial charge in [0.1, 0.15) is 5.75 Å². The Morgan fingerprint density at radius 2 is 1.66 bits per heavy atom. The molecule has 0 heterocycles. The molecule has 3 aromatic rings. The lowest BCUT2D eigenvalue weighted by molar-refractivity contribution is -0.384. The van der Waals surface area contributed by atoms with E-state index in [1.807, 2.05) is 42.5 Å². The fourth-order valence-corrected chi connectivity index (χ4v) is 2.88. The number of hydrogen-bond donors (Lipinski definition) is 2. The standard InChI is InChI=1S/C21H17N3O4S/c1-28-19-12-11-17(24(26)27)13-18(19)22-21(29)23-20(25)16-9-7-15(8-10-16)14-5-3-2-4-6-14/h2-13H,1H3,(H2,22,23,25,29). The third-order valence-electron chi connectivity index (χ3n) is 4.12. The van der Waals surface area contributed by atoms with Gasteiger partial charge in [0, 0.05) is 17.7 Å². The monoisotopic (exact) mass is 407 g/mol. The summed E-state index contributed by atoms with van der Waals surface area (Å²) in [5.41, 5.74) is 2.63. The second kappa shape index (κ2) is 8.94. The maximum Gasteiger partial charge on any atom is 0.271 e. The van der Waals surface area contributed by atoms with Crippen molar-refractivity contribution in [3.05, 3.63) is 88.5 Å². The molecule has 0 radical (unpaired) electrons. The highest BCUT2D eigenvalue weighted by Gasteiger charge is 2.14. The molecule has 0 unspecified atom stereocenters. The van der Waals surface area contributed by atoms with Gasteiger partial charge in [0.05, 0.1) is 17.7 Å². The van der Waals surface area contributed by atoms with Crippen LogP contribution in [0, 0.1) is 10.1 Å². The minimum absolute atomic E-state index is 0.000865. The molecule has 2 N–H and O–H groups in total. The van der Waals surface area contributed by atoms with Crippen molar-refractivity contribution in [3.8, 4) is 16.9 Å². The summed E-state index contributed by atoms with van der Waals surface area (Å²) < 4.78 is 5.17. The van der Waals surface area contributed by atoms with E-state index < -0.39 is 10.8 Å². The first-order valence-electron chi connectivity index (χ1n) is 8.58. The number of nitrogens with one attached hydrogen (secondary N) is 2. The second-order valence-corrected chi connectivity index (χ2v) is 6.40. The van der Waals surface area contributed by atoms with Gasteiger partial charge in [0.2, 0.25) is 0 Å². The number of ether oxygens (including phenoxy) is 1. The van der Waals surface area contributed by atoms with E-state index in [-0.39, 0.29) is 16.5 Å². The van der Waals surface area contributed by atoms with Crippen LogP contribution in [0.2, 0.25) is 0 Å². The molecule has 0 fully saturated rings. The first-order chi connectivity index (χ1) is 14.0. The van der Waals surface area contributed by atoms with Crippen LogP contribution in [-0.2, 0) is 0 Å². The normalized spacial score (nSPS) is 10.1. The largest absolute Gasteiger partial charge is 0.495 e. The fraction of sp³-hybridized carbons (Fsp3) is 0.0476. The summed E-state index contributed by atoms with van der Waals surface area (Å²) in [6.07, 6.45) is 0. The van der Waals surface area contributed by atoms with Gasteiger partial charge in [-0.1, -0.05) is 42.5 Å². The molecule has 0 aliphatic rings. The van der Waals surface area contributed by atoms with E-state index in [2.05, 4.69) is 10.6 Å². The van der Waals surface area contributed by atoms with Gasteiger partial charge in [-0.3, -0.25) is 20.2 Å². The molecule has 29 heavy (non-hydrogen) atoms. The smallest absolute Gasteiger partial charge is 0.271 e. The van der Waals surface area contributed by atoms with E-state index in [1.165, 1.54) is 25.3 Å². The van der Waals surface area contributed by atoms with Crippen molar-refractivity contribution in [1.29, 1.82) is 0 Å². The molecule has 0 saturated heterocycles. The quantitative estimate of drug-likeness (QED) is 0.370. The summed E-state index contributed by atoms with van der Waals surface area (Å²) >= 11 is 5.16. The van der Waals surface area contributed by atoms with Gasteiger partial charge in [-0.2, -0.15) is 0 Å². The molecule has 0 aromatic heterocycles. The highest BCUT2D eigenvalue weighted by molar-refractivity contribution is 7.80. The molecular weight excluding hydrogens is 390 g/mol. The average Bonchev–Trinajstić information content (AvgIpc) is 2.74. The van der Waals surface area contributed by atoms with Crippen LogP contribution in [0.25, 0.3) is 11.1 Å². The van der Waals surface area contributed by atoms with Crippen molar-refractivity contribution in [2.24, 2.45) is 0 Å². The Balaban J connectivity index is 1.69. The summed E-state index contributed by atoms with van der Waals surface area (Å²) in [7, 11) is 1.43.